The number of aryl methyl sites for hydroxylation is 1. The fraction of sp³-hybridized carbons (Fsp3) is 0.278. The van der Waals surface area contributed by atoms with Gasteiger partial charge in [-0.25, -0.2) is 14.6 Å². The van der Waals surface area contributed by atoms with Crippen molar-refractivity contribution < 1.29 is 14.3 Å². The van der Waals surface area contributed by atoms with Gasteiger partial charge in [-0.1, -0.05) is 12.2 Å². The molecule has 0 aliphatic carbocycles. The number of methoxy groups -OCH3 is 1. The molecule has 1 N–H and O–H groups in total. The maximum Gasteiger partial charge on any atom is 0.295 e. The summed E-state index contributed by atoms with van der Waals surface area (Å²) in [4.78, 5) is 38.5. The van der Waals surface area contributed by atoms with Crippen LogP contribution < -0.4 is 4.74 Å². The van der Waals surface area contributed by atoms with Crippen molar-refractivity contribution in [2.75, 3.05) is 20.2 Å². The lowest BCUT2D eigenvalue weighted by Crippen LogP contribution is -2.34. The van der Waals surface area contributed by atoms with Crippen LogP contribution in [0.15, 0.2) is 30.9 Å². The van der Waals surface area contributed by atoms with Crippen LogP contribution in [0.25, 0.3) is 16.7 Å². The lowest BCUT2D eigenvalue weighted by atomic mass is 10.1. The number of nitrogens with zero attached hydrogens (tertiary/aromatic N) is 5. The number of pyridine rings is 1. The summed E-state index contributed by atoms with van der Waals surface area (Å²) < 4.78 is 6.88. The van der Waals surface area contributed by atoms with E-state index in [1.807, 2.05) is 0 Å². The number of hydrogen-bond acceptors (Lipinski definition) is 6. The third kappa shape index (κ3) is 2.77. The second-order valence-electron chi connectivity index (χ2n) is 6.39. The maximum atomic E-state index is 12.9. The molecule has 0 bridgehead atoms. The molecular formula is C18H18N6O3. The van der Waals surface area contributed by atoms with E-state index in [1.54, 1.807) is 6.92 Å². The van der Waals surface area contributed by atoms with E-state index in [2.05, 4.69) is 26.6 Å². The van der Waals surface area contributed by atoms with Crippen LogP contribution in [0.1, 0.15) is 22.6 Å². The second kappa shape index (κ2) is 6.35. The molecule has 0 aromatic carbocycles. The van der Waals surface area contributed by atoms with Crippen LogP contribution in [0.2, 0.25) is 0 Å². The minimum absolute atomic E-state index is 0.241. The molecule has 9 heteroatoms. The molecule has 4 heterocycles. The van der Waals surface area contributed by atoms with Crippen molar-refractivity contribution in [3.05, 3.63) is 42.3 Å². The molecule has 138 valence electrons. The van der Waals surface area contributed by atoms with E-state index in [-0.39, 0.29) is 5.56 Å². The molecule has 0 radical (unpaired) electrons. The van der Waals surface area contributed by atoms with E-state index >= 15 is 0 Å². The predicted molar refractivity (Wildman–Crippen MR) is 97.0 cm³/mol. The van der Waals surface area contributed by atoms with Crippen molar-refractivity contribution >= 4 is 22.6 Å². The van der Waals surface area contributed by atoms with Gasteiger partial charge in [-0.2, -0.15) is 5.10 Å². The summed E-state index contributed by atoms with van der Waals surface area (Å²) in [6.45, 7) is 6.57. The average Bonchev–Trinajstić information content (AvgIpc) is 3.39. The highest BCUT2D eigenvalue weighted by Crippen LogP contribution is 2.32. The Morgan fingerprint density at radius 2 is 2.15 bits per heavy atom. The van der Waals surface area contributed by atoms with Crippen LogP contribution in [-0.4, -0.2) is 61.5 Å². The first-order valence-corrected chi connectivity index (χ1v) is 8.42. The van der Waals surface area contributed by atoms with Crippen LogP contribution in [0.4, 0.5) is 0 Å². The number of fused-ring (bicyclic) bond motifs is 1. The van der Waals surface area contributed by atoms with E-state index in [9.17, 15) is 9.59 Å². The highest BCUT2D eigenvalue weighted by atomic mass is 16.5. The highest BCUT2D eigenvalue weighted by molar-refractivity contribution is 6.45. The van der Waals surface area contributed by atoms with Gasteiger partial charge in [0.15, 0.2) is 5.82 Å². The van der Waals surface area contributed by atoms with Gasteiger partial charge in [0.2, 0.25) is 0 Å². The Labute approximate surface area is 154 Å². The van der Waals surface area contributed by atoms with Gasteiger partial charge >= 0.3 is 0 Å². The van der Waals surface area contributed by atoms with Gasteiger partial charge in [-0.05, 0) is 13.3 Å². The summed E-state index contributed by atoms with van der Waals surface area (Å²) in [7, 11) is 1.49. The number of ether oxygens (including phenoxy) is 1. The number of ketones is 1. The molecule has 9 nitrogen and oxygen atoms in total. The predicted octanol–water partition coefficient (Wildman–Crippen LogP) is 1.43. The van der Waals surface area contributed by atoms with Gasteiger partial charge in [-0.3, -0.25) is 9.59 Å². The first-order valence-electron chi connectivity index (χ1n) is 8.42. The number of aromatic nitrogens is 5. The Bertz CT molecular complexity index is 1080. The molecule has 1 fully saturated rings. The standard InChI is InChI=1S/C18H18N6O3/c1-10-4-5-23(8-10)18(26)16(25)12-6-19-15-14(12)13(27-3)7-20-17(15)24-9-21-11(2)22-24/h6-7,9,19H,1,4-5,8H2,2-3H3. The normalized spacial score (nSPS) is 14.1. The molecular weight excluding hydrogens is 348 g/mol. The number of rotatable bonds is 4. The van der Waals surface area contributed by atoms with Crippen molar-refractivity contribution in [3.8, 4) is 11.6 Å². The van der Waals surface area contributed by atoms with Crippen LogP contribution in [0, 0.1) is 6.92 Å². The summed E-state index contributed by atoms with van der Waals surface area (Å²) in [5.74, 6) is 0.307. The van der Waals surface area contributed by atoms with E-state index < -0.39 is 11.7 Å². The first kappa shape index (κ1) is 17.0. The summed E-state index contributed by atoms with van der Waals surface area (Å²) in [6.07, 6.45) is 5.26. The van der Waals surface area contributed by atoms with Crippen LogP contribution in [0.3, 0.4) is 0 Å². The Hall–Kier alpha value is -3.49. The number of Topliss-reactive ketones (excluding diaryl/α,β-unsaturated/α-hetero) is 1. The van der Waals surface area contributed by atoms with E-state index in [4.69, 9.17) is 4.74 Å². The average molecular weight is 366 g/mol. The number of carbonyl (C=O) groups excluding carboxylic acids is 2. The number of hydrogen-bond donors (Lipinski definition) is 1. The molecule has 27 heavy (non-hydrogen) atoms. The molecule has 3 aromatic heterocycles. The van der Waals surface area contributed by atoms with Crippen molar-refractivity contribution in [1.82, 2.24) is 29.6 Å². The third-order valence-corrected chi connectivity index (χ3v) is 4.57. The number of aromatic amines is 1. The summed E-state index contributed by atoms with van der Waals surface area (Å²) >= 11 is 0. The smallest absolute Gasteiger partial charge is 0.295 e. The first-order chi connectivity index (χ1) is 13.0. The summed E-state index contributed by atoms with van der Waals surface area (Å²) in [5, 5.41) is 4.75. The largest absolute Gasteiger partial charge is 0.494 e. The van der Waals surface area contributed by atoms with Crippen molar-refractivity contribution in [1.29, 1.82) is 0 Å². The van der Waals surface area contributed by atoms with Gasteiger partial charge in [0.1, 0.15) is 17.9 Å². The SMILES string of the molecule is C=C1CCN(C(=O)C(=O)c2c[nH]c3c(-n4cnc(C)n4)ncc(OC)c23)C1. The molecule has 3 aromatic rings. The zero-order valence-electron chi connectivity index (χ0n) is 15.0. The van der Waals surface area contributed by atoms with Crippen molar-refractivity contribution in [2.24, 2.45) is 0 Å². The number of amides is 1. The Morgan fingerprint density at radius 1 is 1.33 bits per heavy atom. The molecule has 0 atom stereocenters. The Morgan fingerprint density at radius 3 is 2.78 bits per heavy atom. The maximum absolute atomic E-state index is 12.9. The van der Waals surface area contributed by atoms with E-state index in [0.717, 1.165) is 12.0 Å². The van der Waals surface area contributed by atoms with Crippen LogP contribution in [0.5, 0.6) is 5.75 Å². The summed E-state index contributed by atoms with van der Waals surface area (Å²) in [6, 6.07) is 0. The fourth-order valence-electron chi connectivity index (χ4n) is 3.21. The molecule has 0 spiro atoms. The zero-order chi connectivity index (χ0) is 19.1. The Balaban J connectivity index is 1.81. The second-order valence-corrected chi connectivity index (χ2v) is 6.39. The molecule has 1 saturated heterocycles. The van der Waals surface area contributed by atoms with E-state index in [0.29, 0.717) is 41.4 Å². The van der Waals surface area contributed by atoms with Gasteiger partial charge in [0.25, 0.3) is 11.7 Å². The number of likely N-dealkylation sites (tertiary alicyclic amines) is 1. The van der Waals surface area contributed by atoms with E-state index in [1.165, 1.54) is 35.4 Å². The minimum Gasteiger partial charge on any atom is -0.494 e. The number of carbonyl (C=O) groups is 2. The van der Waals surface area contributed by atoms with Crippen LogP contribution >= 0.6 is 0 Å². The number of H-pyrrole nitrogens is 1. The molecule has 1 aliphatic rings. The van der Waals surface area contributed by atoms with Gasteiger partial charge < -0.3 is 14.6 Å². The molecule has 0 saturated carbocycles. The Kier molecular flexibility index (Phi) is 3.98. The van der Waals surface area contributed by atoms with Crippen LogP contribution in [-0.2, 0) is 4.79 Å². The van der Waals surface area contributed by atoms with Crippen molar-refractivity contribution in [2.45, 2.75) is 13.3 Å². The quantitative estimate of drug-likeness (QED) is 0.425. The molecule has 1 aliphatic heterocycles. The molecule has 4 rings (SSSR count). The summed E-state index contributed by atoms with van der Waals surface area (Å²) in [5.41, 5.74) is 1.73. The molecule has 0 unspecified atom stereocenters. The third-order valence-electron chi connectivity index (χ3n) is 4.57. The van der Waals surface area contributed by atoms with Crippen molar-refractivity contribution in [3.63, 3.8) is 0 Å². The lowest BCUT2D eigenvalue weighted by Gasteiger charge is -2.14. The van der Waals surface area contributed by atoms with Gasteiger partial charge in [-0.15, -0.1) is 0 Å². The van der Waals surface area contributed by atoms with Gasteiger partial charge in [0, 0.05) is 19.3 Å². The number of nitrogens with one attached hydrogen (secondary N) is 1. The topological polar surface area (TPSA) is 106 Å². The monoisotopic (exact) mass is 366 g/mol. The lowest BCUT2D eigenvalue weighted by molar-refractivity contribution is -0.125. The van der Waals surface area contributed by atoms with Gasteiger partial charge in [0.05, 0.1) is 29.8 Å². The molecule has 1 amide bonds. The fourth-order valence-corrected chi connectivity index (χ4v) is 3.21. The minimum atomic E-state index is -0.596. The zero-order valence-corrected chi connectivity index (χ0v) is 15.0. The highest BCUT2D eigenvalue weighted by Gasteiger charge is 2.30.